The third-order valence-electron chi connectivity index (χ3n) is 5.16. The third kappa shape index (κ3) is 6.50. The lowest BCUT2D eigenvalue weighted by atomic mass is 9.99. The van der Waals surface area contributed by atoms with E-state index in [1.807, 2.05) is 25.2 Å². The van der Waals surface area contributed by atoms with Crippen molar-refractivity contribution in [1.82, 2.24) is 9.88 Å². The van der Waals surface area contributed by atoms with Crippen molar-refractivity contribution in [3.8, 4) is 6.07 Å². The van der Waals surface area contributed by atoms with Crippen LogP contribution in [0.5, 0.6) is 0 Å². The lowest BCUT2D eigenvalue weighted by molar-refractivity contribution is 0.108. The fourth-order valence-corrected chi connectivity index (χ4v) is 3.56. The van der Waals surface area contributed by atoms with Crippen molar-refractivity contribution in [3.63, 3.8) is 0 Å². The molecule has 1 aliphatic rings. The second-order valence-electron chi connectivity index (χ2n) is 7.03. The fourth-order valence-electron chi connectivity index (χ4n) is 3.56. The fraction of sp³-hybridized carbons (Fsp3) is 0.500. The highest BCUT2D eigenvalue weighted by molar-refractivity contribution is 5.54. The van der Waals surface area contributed by atoms with Gasteiger partial charge < -0.3 is 25.9 Å². The highest BCUT2D eigenvalue weighted by Crippen LogP contribution is 2.25. The van der Waals surface area contributed by atoms with Gasteiger partial charge in [-0.25, -0.2) is 0 Å². The Balaban J connectivity index is 2.14. The monoisotopic (exact) mass is 399 g/mol. The molecule has 0 aliphatic carbocycles. The lowest BCUT2D eigenvalue weighted by Crippen LogP contribution is -2.34. The van der Waals surface area contributed by atoms with Crippen LogP contribution in [0.25, 0.3) is 0 Å². The molecule has 7 nitrogen and oxygen atoms in total. The number of aromatic amines is 1. The van der Waals surface area contributed by atoms with Crippen LogP contribution in [-0.2, 0) is 15.9 Å². The Morgan fingerprint density at radius 2 is 2.31 bits per heavy atom. The second-order valence-corrected chi connectivity index (χ2v) is 7.03. The van der Waals surface area contributed by atoms with Gasteiger partial charge in [-0.3, -0.25) is 4.90 Å². The van der Waals surface area contributed by atoms with E-state index in [1.54, 1.807) is 13.3 Å². The zero-order valence-corrected chi connectivity index (χ0v) is 17.5. The number of nitrogen functional groups attached to an aromatic ring is 1. The zero-order valence-electron chi connectivity index (χ0n) is 17.5. The molecule has 0 saturated carbocycles. The highest BCUT2D eigenvalue weighted by Gasteiger charge is 2.21. The predicted molar refractivity (Wildman–Crippen MR) is 116 cm³/mol. The van der Waals surface area contributed by atoms with E-state index in [0.717, 1.165) is 49.3 Å². The molecule has 2 rings (SSSR count). The number of allylic oxidation sites excluding steroid dienone is 5. The van der Waals surface area contributed by atoms with Gasteiger partial charge in [-0.1, -0.05) is 18.2 Å². The van der Waals surface area contributed by atoms with Gasteiger partial charge in [-0.2, -0.15) is 5.26 Å². The molecule has 1 aromatic heterocycles. The standard InChI is InChI=1S/C22H33N5O2/c1-3-4-6-17(13-20-18(14-24)15-26-22(20)25)21(28-2)8-5-7-19(9-10-23)27-11-12-29-16-27/h3-4,6,8,15,19,26H,5,7,9-13,16,23,25H2,1-2H3/b4-3+,17-6-,21-8+. The summed E-state index contributed by atoms with van der Waals surface area (Å²) in [6, 6.07) is 2.60. The number of nitriles is 1. The summed E-state index contributed by atoms with van der Waals surface area (Å²) in [7, 11) is 1.67. The Bertz CT molecular complexity index is 767. The number of H-pyrrole nitrogens is 1. The highest BCUT2D eigenvalue weighted by atomic mass is 16.5. The molecule has 1 unspecified atom stereocenters. The smallest absolute Gasteiger partial charge is 0.118 e. The number of nitrogens with zero attached hydrogens (tertiary/aromatic N) is 2. The quantitative estimate of drug-likeness (QED) is 0.389. The molecule has 29 heavy (non-hydrogen) atoms. The maximum absolute atomic E-state index is 9.34. The minimum atomic E-state index is 0.408. The first kappa shape index (κ1) is 22.8. The molecule has 158 valence electrons. The molecule has 5 N–H and O–H groups in total. The normalized spacial score (nSPS) is 17.0. The van der Waals surface area contributed by atoms with Crippen molar-refractivity contribution in [2.75, 3.05) is 39.3 Å². The van der Waals surface area contributed by atoms with Crippen molar-refractivity contribution in [3.05, 3.63) is 53.0 Å². The van der Waals surface area contributed by atoms with Gasteiger partial charge in [0, 0.05) is 30.8 Å². The third-order valence-corrected chi connectivity index (χ3v) is 5.16. The summed E-state index contributed by atoms with van der Waals surface area (Å²) < 4.78 is 11.2. The van der Waals surface area contributed by atoms with Gasteiger partial charge in [0.1, 0.15) is 17.6 Å². The SMILES string of the molecule is C/C=C/C=C(Cc1c(C#N)c[nH]c1N)\C(=C/CCC(CCN)N1CCOC1)OC. The Morgan fingerprint density at radius 1 is 1.48 bits per heavy atom. The first-order chi connectivity index (χ1) is 14.1. The summed E-state index contributed by atoms with van der Waals surface area (Å²) in [6.45, 7) is 5.06. The van der Waals surface area contributed by atoms with Gasteiger partial charge in [0.05, 0.1) is 26.0 Å². The summed E-state index contributed by atoms with van der Waals surface area (Å²) in [5, 5.41) is 9.34. The molecular weight excluding hydrogens is 366 g/mol. The van der Waals surface area contributed by atoms with Crippen molar-refractivity contribution >= 4 is 5.82 Å². The number of nitrogens with one attached hydrogen (secondary N) is 1. The largest absolute Gasteiger partial charge is 0.497 e. The molecule has 1 fully saturated rings. The molecule has 0 bridgehead atoms. The van der Waals surface area contributed by atoms with Crippen LogP contribution in [-0.4, -0.2) is 49.5 Å². The molecule has 0 aromatic carbocycles. The molecule has 0 amide bonds. The predicted octanol–water partition coefficient (Wildman–Crippen LogP) is 2.83. The minimum absolute atomic E-state index is 0.408. The van der Waals surface area contributed by atoms with Crippen LogP contribution in [0, 0.1) is 11.3 Å². The van der Waals surface area contributed by atoms with Crippen LogP contribution in [0.2, 0.25) is 0 Å². The Labute approximate surface area is 173 Å². The zero-order chi connectivity index (χ0) is 21.1. The first-order valence-corrected chi connectivity index (χ1v) is 10.1. The summed E-state index contributed by atoms with van der Waals surface area (Å²) in [6.07, 6.45) is 13.0. The van der Waals surface area contributed by atoms with Crippen LogP contribution in [0.4, 0.5) is 5.82 Å². The molecular formula is C22H33N5O2. The van der Waals surface area contributed by atoms with E-state index >= 15 is 0 Å². The van der Waals surface area contributed by atoms with Gasteiger partial charge in [-0.05, 0) is 44.4 Å². The van der Waals surface area contributed by atoms with Crippen molar-refractivity contribution < 1.29 is 9.47 Å². The van der Waals surface area contributed by atoms with E-state index in [1.165, 1.54) is 0 Å². The van der Waals surface area contributed by atoms with E-state index in [-0.39, 0.29) is 0 Å². The number of nitrogens with two attached hydrogens (primary N) is 2. The summed E-state index contributed by atoms with van der Waals surface area (Å²) in [5.74, 6) is 1.32. The van der Waals surface area contributed by atoms with Crippen molar-refractivity contribution in [1.29, 1.82) is 5.26 Å². The topological polar surface area (TPSA) is 113 Å². The average Bonchev–Trinajstić information content (AvgIpc) is 3.38. The van der Waals surface area contributed by atoms with Crippen LogP contribution < -0.4 is 11.5 Å². The van der Waals surface area contributed by atoms with E-state index < -0.39 is 0 Å². The van der Waals surface area contributed by atoms with E-state index in [0.29, 0.717) is 37.1 Å². The number of hydrogen-bond acceptors (Lipinski definition) is 6. The Hall–Kier alpha value is -2.53. The number of rotatable bonds is 11. The molecule has 0 radical (unpaired) electrons. The van der Waals surface area contributed by atoms with Crippen molar-refractivity contribution in [2.45, 2.75) is 38.6 Å². The number of hydrogen-bond donors (Lipinski definition) is 3. The number of anilines is 1. The minimum Gasteiger partial charge on any atom is -0.497 e. The van der Waals surface area contributed by atoms with Crippen molar-refractivity contribution in [2.24, 2.45) is 5.73 Å². The molecule has 0 spiro atoms. The number of ether oxygens (including phenoxy) is 2. The number of aromatic nitrogens is 1. The summed E-state index contributed by atoms with van der Waals surface area (Å²) in [5.41, 5.74) is 14.2. The van der Waals surface area contributed by atoms with E-state index in [2.05, 4.69) is 22.0 Å². The molecule has 2 heterocycles. The Kier molecular flexibility index (Phi) is 9.51. The molecule has 1 saturated heterocycles. The van der Waals surface area contributed by atoms with Gasteiger partial charge in [0.15, 0.2) is 0 Å². The summed E-state index contributed by atoms with van der Waals surface area (Å²) in [4.78, 5) is 5.28. The van der Waals surface area contributed by atoms with Crippen LogP contribution in [0.1, 0.15) is 37.3 Å². The van der Waals surface area contributed by atoms with Crippen LogP contribution in [0.3, 0.4) is 0 Å². The maximum Gasteiger partial charge on any atom is 0.118 e. The summed E-state index contributed by atoms with van der Waals surface area (Å²) >= 11 is 0. The first-order valence-electron chi connectivity index (χ1n) is 10.1. The van der Waals surface area contributed by atoms with Gasteiger partial charge in [0.25, 0.3) is 0 Å². The van der Waals surface area contributed by atoms with E-state index in [9.17, 15) is 5.26 Å². The van der Waals surface area contributed by atoms with E-state index in [4.69, 9.17) is 20.9 Å². The van der Waals surface area contributed by atoms with Crippen LogP contribution >= 0.6 is 0 Å². The second kappa shape index (κ2) is 12.1. The van der Waals surface area contributed by atoms with Crippen LogP contribution in [0.15, 0.2) is 41.8 Å². The molecule has 1 aromatic rings. The Morgan fingerprint density at radius 3 is 2.93 bits per heavy atom. The maximum atomic E-state index is 9.34. The molecule has 1 aliphatic heterocycles. The molecule has 1 atom stereocenters. The van der Waals surface area contributed by atoms with Gasteiger partial charge in [-0.15, -0.1) is 0 Å². The average molecular weight is 400 g/mol. The van der Waals surface area contributed by atoms with Gasteiger partial charge >= 0.3 is 0 Å². The lowest BCUT2D eigenvalue weighted by Gasteiger charge is -2.25. The number of methoxy groups -OCH3 is 1. The van der Waals surface area contributed by atoms with Gasteiger partial charge in [0.2, 0.25) is 0 Å². The molecule has 7 heteroatoms.